The van der Waals surface area contributed by atoms with Gasteiger partial charge in [-0.3, -0.25) is 14.5 Å². The Labute approximate surface area is 208 Å². The van der Waals surface area contributed by atoms with Gasteiger partial charge in [-0.05, 0) is 72.8 Å². The zero-order valence-electron chi connectivity index (χ0n) is 19.1. The Balaban J connectivity index is 1.73. The van der Waals surface area contributed by atoms with Crippen molar-refractivity contribution in [3.05, 3.63) is 86.6 Å². The minimum Gasteiger partial charge on any atom is -0.507 e. The Morgan fingerprint density at radius 1 is 1.12 bits per heavy atom. The summed E-state index contributed by atoms with van der Waals surface area (Å²) in [5.74, 6) is -0.908. The van der Waals surface area contributed by atoms with Crippen molar-refractivity contribution in [1.29, 1.82) is 0 Å². The van der Waals surface area contributed by atoms with Gasteiger partial charge in [0.15, 0.2) is 0 Å². The lowest BCUT2D eigenvalue weighted by molar-refractivity contribution is -0.132. The number of unbranched alkanes of at least 4 members (excludes halogenated alkanes) is 2. The summed E-state index contributed by atoms with van der Waals surface area (Å²) in [6.07, 6.45) is 3.20. The molecule has 1 aliphatic rings. The smallest absolute Gasteiger partial charge is 0.300 e. The molecule has 3 aromatic rings. The third kappa shape index (κ3) is 4.74. The first-order valence-corrected chi connectivity index (χ1v) is 12.5. The van der Waals surface area contributed by atoms with Gasteiger partial charge in [-0.15, -0.1) is 11.3 Å². The van der Waals surface area contributed by atoms with E-state index in [4.69, 9.17) is 16.3 Å². The molecule has 1 saturated heterocycles. The number of halogens is 1. The minimum atomic E-state index is -0.732. The van der Waals surface area contributed by atoms with Crippen molar-refractivity contribution in [3.8, 4) is 5.75 Å². The van der Waals surface area contributed by atoms with Crippen molar-refractivity contribution in [3.63, 3.8) is 0 Å². The topological polar surface area (TPSA) is 66.8 Å². The van der Waals surface area contributed by atoms with Gasteiger partial charge in [-0.2, -0.15) is 0 Å². The van der Waals surface area contributed by atoms with Crippen LogP contribution in [0.1, 0.15) is 48.2 Å². The number of ether oxygens (including phenoxy) is 1. The number of carbonyl (C=O) groups is 2. The van der Waals surface area contributed by atoms with Crippen molar-refractivity contribution in [2.45, 2.75) is 39.2 Å². The molecule has 1 fully saturated rings. The molecule has 1 amide bonds. The maximum atomic E-state index is 13.2. The van der Waals surface area contributed by atoms with E-state index in [9.17, 15) is 14.7 Å². The normalized spacial score (nSPS) is 17.4. The highest BCUT2D eigenvalue weighted by molar-refractivity contribution is 7.10. The quantitative estimate of drug-likeness (QED) is 0.160. The van der Waals surface area contributed by atoms with Crippen molar-refractivity contribution < 1.29 is 19.4 Å². The number of rotatable bonds is 8. The van der Waals surface area contributed by atoms with Crippen LogP contribution in [0.4, 0.5) is 5.69 Å². The molecule has 4 rings (SSSR count). The molecule has 1 unspecified atom stereocenters. The summed E-state index contributed by atoms with van der Waals surface area (Å²) in [7, 11) is 0. The summed E-state index contributed by atoms with van der Waals surface area (Å²) in [5.41, 5.74) is 1.87. The summed E-state index contributed by atoms with van der Waals surface area (Å²) in [6.45, 7) is 4.60. The zero-order chi connectivity index (χ0) is 24.2. The lowest BCUT2D eigenvalue weighted by Crippen LogP contribution is -2.29. The first kappa shape index (κ1) is 24.0. The molecular formula is C27H26ClNO4S. The van der Waals surface area contributed by atoms with E-state index < -0.39 is 17.7 Å². The Morgan fingerprint density at radius 2 is 1.88 bits per heavy atom. The number of anilines is 1. The van der Waals surface area contributed by atoms with Gasteiger partial charge >= 0.3 is 0 Å². The molecule has 1 N–H and O–H groups in total. The van der Waals surface area contributed by atoms with Gasteiger partial charge in [0, 0.05) is 21.2 Å². The molecule has 1 aromatic heterocycles. The first-order chi connectivity index (χ1) is 16.4. The van der Waals surface area contributed by atoms with Gasteiger partial charge in [0.1, 0.15) is 17.6 Å². The lowest BCUT2D eigenvalue weighted by atomic mass is 9.99. The Hall–Kier alpha value is -3.09. The van der Waals surface area contributed by atoms with Crippen LogP contribution in [0.25, 0.3) is 5.76 Å². The van der Waals surface area contributed by atoms with Crippen LogP contribution < -0.4 is 9.64 Å². The number of benzene rings is 2. The fourth-order valence-corrected chi connectivity index (χ4v) is 5.14. The van der Waals surface area contributed by atoms with Crippen molar-refractivity contribution >= 4 is 46.1 Å². The van der Waals surface area contributed by atoms with Gasteiger partial charge in [0.2, 0.25) is 0 Å². The monoisotopic (exact) mass is 495 g/mol. The van der Waals surface area contributed by atoms with Gasteiger partial charge in [-0.25, -0.2) is 0 Å². The van der Waals surface area contributed by atoms with Gasteiger partial charge in [-0.1, -0.05) is 37.4 Å². The second-order valence-corrected chi connectivity index (χ2v) is 9.61. The molecule has 2 aromatic carbocycles. The number of ketones is 1. The zero-order valence-corrected chi connectivity index (χ0v) is 20.7. The van der Waals surface area contributed by atoms with Crippen LogP contribution in [0.3, 0.4) is 0 Å². The standard InChI is InChI=1S/C27H26ClNO4S/c1-3-4-5-14-33-20-11-8-18(9-12-20)25(30)23-24(22-7-6-15-34-22)29(27(32)26(23)31)21-13-10-19(28)16-17(21)2/h6-13,15-16,24,30H,3-5,14H2,1-2H3/b25-23-. The number of carbonyl (C=O) groups excluding carboxylic acids is 2. The lowest BCUT2D eigenvalue weighted by Gasteiger charge is -2.25. The maximum Gasteiger partial charge on any atom is 0.300 e. The summed E-state index contributed by atoms with van der Waals surface area (Å²) < 4.78 is 5.75. The van der Waals surface area contributed by atoms with Gasteiger partial charge in [0.05, 0.1) is 12.2 Å². The molecule has 1 aliphatic heterocycles. The molecule has 0 aliphatic carbocycles. The number of thiophene rings is 1. The SMILES string of the molecule is CCCCCOc1ccc(/C(O)=C2/C(=O)C(=O)N(c3ccc(Cl)cc3C)C2c2cccs2)cc1. The molecule has 176 valence electrons. The van der Waals surface area contributed by atoms with E-state index in [1.54, 1.807) is 42.5 Å². The van der Waals surface area contributed by atoms with Crippen LogP contribution in [0.15, 0.2) is 65.6 Å². The average Bonchev–Trinajstić information content (AvgIpc) is 3.44. The van der Waals surface area contributed by atoms with Crippen molar-refractivity contribution in [2.75, 3.05) is 11.5 Å². The fourth-order valence-electron chi connectivity index (χ4n) is 4.09. The van der Waals surface area contributed by atoms with E-state index in [1.165, 1.54) is 16.2 Å². The van der Waals surface area contributed by atoms with Crippen LogP contribution in [0.2, 0.25) is 5.02 Å². The summed E-state index contributed by atoms with van der Waals surface area (Å²) in [4.78, 5) is 28.6. The molecule has 1 atom stereocenters. The molecule has 34 heavy (non-hydrogen) atoms. The van der Waals surface area contributed by atoms with E-state index in [0.717, 1.165) is 29.7 Å². The van der Waals surface area contributed by atoms with Gasteiger partial charge < -0.3 is 9.84 Å². The third-order valence-electron chi connectivity index (χ3n) is 5.82. The van der Waals surface area contributed by atoms with E-state index in [0.29, 0.717) is 28.6 Å². The number of amides is 1. The highest BCUT2D eigenvalue weighted by atomic mass is 35.5. The number of nitrogens with zero attached hydrogens (tertiary/aromatic N) is 1. The van der Waals surface area contributed by atoms with Gasteiger partial charge in [0.25, 0.3) is 11.7 Å². The van der Waals surface area contributed by atoms with Crippen LogP contribution in [0, 0.1) is 6.92 Å². The van der Waals surface area contributed by atoms with E-state index >= 15 is 0 Å². The van der Waals surface area contributed by atoms with Crippen molar-refractivity contribution in [2.24, 2.45) is 0 Å². The highest BCUT2D eigenvalue weighted by Crippen LogP contribution is 2.44. The van der Waals surface area contributed by atoms with Crippen LogP contribution in [-0.4, -0.2) is 23.4 Å². The summed E-state index contributed by atoms with van der Waals surface area (Å²) >= 11 is 7.54. The van der Waals surface area contributed by atoms with Crippen LogP contribution in [-0.2, 0) is 9.59 Å². The average molecular weight is 496 g/mol. The minimum absolute atomic E-state index is 0.0680. The largest absolute Gasteiger partial charge is 0.507 e. The number of Topliss-reactive ketones (excluding diaryl/α,β-unsaturated/α-hetero) is 1. The fraction of sp³-hybridized carbons (Fsp3) is 0.259. The predicted molar refractivity (Wildman–Crippen MR) is 137 cm³/mol. The maximum absolute atomic E-state index is 13.2. The second-order valence-electron chi connectivity index (χ2n) is 8.20. The first-order valence-electron chi connectivity index (χ1n) is 11.3. The summed E-state index contributed by atoms with van der Waals surface area (Å²) in [6, 6.07) is 15.1. The molecule has 5 nitrogen and oxygen atoms in total. The number of aliphatic hydroxyl groups excluding tert-OH is 1. The number of aryl methyl sites for hydroxylation is 1. The van der Waals surface area contributed by atoms with Crippen LogP contribution >= 0.6 is 22.9 Å². The summed E-state index contributed by atoms with van der Waals surface area (Å²) in [5, 5.41) is 13.6. The second kappa shape index (κ2) is 10.5. The Bertz CT molecular complexity index is 1220. The molecule has 0 radical (unpaired) electrons. The Kier molecular flexibility index (Phi) is 7.39. The van der Waals surface area contributed by atoms with E-state index in [1.807, 2.05) is 24.4 Å². The Morgan fingerprint density at radius 3 is 2.53 bits per heavy atom. The van der Waals surface area contributed by atoms with Crippen LogP contribution in [0.5, 0.6) is 5.75 Å². The number of hydrogen-bond donors (Lipinski definition) is 1. The molecule has 2 heterocycles. The molecular weight excluding hydrogens is 470 g/mol. The molecule has 0 spiro atoms. The third-order valence-corrected chi connectivity index (χ3v) is 6.98. The van der Waals surface area contributed by atoms with E-state index in [2.05, 4.69) is 6.92 Å². The van der Waals surface area contributed by atoms with Crippen molar-refractivity contribution in [1.82, 2.24) is 0 Å². The molecule has 0 saturated carbocycles. The highest BCUT2D eigenvalue weighted by Gasteiger charge is 2.47. The number of aliphatic hydroxyl groups is 1. The van der Waals surface area contributed by atoms with E-state index in [-0.39, 0.29) is 11.3 Å². The molecule has 7 heteroatoms. The number of hydrogen-bond acceptors (Lipinski definition) is 5. The predicted octanol–water partition coefficient (Wildman–Crippen LogP) is 6.91. The molecule has 0 bridgehead atoms.